The predicted octanol–water partition coefficient (Wildman–Crippen LogP) is 3.81. The molecule has 0 radical (unpaired) electrons. The van der Waals surface area contributed by atoms with Gasteiger partial charge in [0.2, 0.25) is 0 Å². The number of aromatic carboxylic acids is 1. The number of carboxylic acid groups (broad SMARTS) is 1. The largest absolute Gasteiger partial charge is 0.478 e. The van der Waals surface area contributed by atoms with Crippen LogP contribution in [-0.2, 0) is 6.42 Å². The first-order valence-corrected chi connectivity index (χ1v) is 6.27. The zero-order chi connectivity index (χ0) is 12.8. The molecule has 4 heteroatoms. The van der Waals surface area contributed by atoms with Crippen LogP contribution in [0, 0.1) is 0 Å². The van der Waals surface area contributed by atoms with Gasteiger partial charge in [-0.25, -0.2) is 4.79 Å². The third-order valence-electron chi connectivity index (χ3n) is 2.64. The molecule has 1 aromatic carbocycles. The van der Waals surface area contributed by atoms with Gasteiger partial charge in [0, 0.05) is 11.6 Å². The van der Waals surface area contributed by atoms with Crippen molar-refractivity contribution in [3.8, 4) is 0 Å². The molecule has 0 atom stereocenters. The molecule has 0 fully saturated rings. The topological polar surface area (TPSA) is 49.3 Å². The van der Waals surface area contributed by atoms with Gasteiger partial charge in [0.1, 0.15) is 0 Å². The second kappa shape index (κ2) is 6.50. The average Bonchev–Trinajstić information content (AvgIpc) is 2.29. The van der Waals surface area contributed by atoms with Crippen LogP contribution in [0.25, 0.3) is 0 Å². The van der Waals surface area contributed by atoms with Crippen LogP contribution < -0.4 is 5.32 Å². The number of unbranched alkanes of at least 4 members (excludes halogenated alkanes) is 1. The third kappa shape index (κ3) is 3.63. The lowest BCUT2D eigenvalue weighted by Crippen LogP contribution is -2.08. The van der Waals surface area contributed by atoms with Crippen molar-refractivity contribution in [3.63, 3.8) is 0 Å². The predicted molar refractivity (Wildman–Crippen MR) is 71.2 cm³/mol. The van der Waals surface area contributed by atoms with E-state index in [9.17, 15) is 4.79 Å². The Bertz CT molecular complexity index is 405. The number of aryl methyl sites for hydroxylation is 1. The molecule has 0 heterocycles. The molecule has 0 bridgehead atoms. The van der Waals surface area contributed by atoms with E-state index in [1.807, 2.05) is 6.92 Å². The standard InChI is InChI=1S/C13H18ClNO2/c1-3-5-6-15-12-8-11(14)9(4-2)7-10(12)13(16)17/h7-8,15H,3-6H2,1-2H3,(H,16,17). The normalized spacial score (nSPS) is 10.3. The molecule has 0 saturated carbocycles. The van der Waals surface area contributed by atoms with Crippen LogP contribution in [-0.4, -0.2) is 17.6 Å². The molecule has 2 N–H and O–H groups in total. The third-order valence-corrected chi connectivity index (χ3v) is 3.00. The minimum absolute atomic E-state index is 0.294. The summed E-state index contributed by atoms with van der Waals surface area (Å²) in [6.45, 7) is 4.81. The van der Waals surface area contributed by atoms with Crippen LogP contribution in [0.4, 0.5) is 5.69 Å². The Labute approximate surface area is 107 Å². The number of hydrogen-bond donors (Lipinski definition) is 2. The van der Waals surface area contributed by atoms with Crippen molar-refractivity contribution in [1.82, 2.24) is 0 Å². The van der Waals surface area contributed by atoms with Crippen LogP contribution in [0.5, 0.6) is 0 Å². The van der Waals surface area contributed by atoms with Crippen molar-refractivity contribution in [2.24, 2.45) is 0 Å². The van der Waals surface area contributed by atoms with E-state index in [0.717, 1.165) is 31.4 Å². The van der Waals surface area contributed by atoms with Crippen molar-refractivity contribution in [2.75, 3.05) is 11.9 Å². The van der Waals surface area contributed by atoms with E-state index < -0.39 is 5.97 Å². The number of carboxylic acids is 1. The summed E-state index contributed by atoms with van der Waals surface area (Å²) in [6.07, 6.45) is 2.80. The van der Waals surface area contributed by atoms with Crippen molar-refractivity contribution in [1.29, 1.82) is 0 Å². The van der Waals surface area contributed by atoms with E-state index in [1.165, 1.54) is 0 Å². The Morgan fingerprint density at radius 3 is 2.65 bits per heavy atom. The van der Waals surface area contributed by atoms with Crippen molar-refractivity contribution >= 4 is 23.3 Å². The van der Waals surface area contributed by atoms with Gasteiger partial charge in [0.05, 0.1) is 11.3 Å². The lowest BCUT2D eigenvalue weighted by atomic mass is 10.1. The van der Waals surface area contributed by atoms with Crippen LogP contribution >= 0.6 is 11.6 Å². The number of hydrogen-bond acceptors (Lipinski definition) is 2. The first-order chi connectivity index (χ1) is 8.10. The molecule has 1 aromatic rings. The maximum Gasteiger partial charge on any atom is 0.337 e. The number of anilines is 1. The van der Waals surface area contributed by atoms with Crippen LogP contribution in [0.15, 0.2) is 12.1 Å². The summed E-state index contributed by atoms with van der Waals surface area (Å²) >= 11 is 6.09. The quantitative estimate of drug-likeness (QED) is 0.760. The molecule has 0 spiro atoms. The van der Waals surface area contributed by atoms with Gasteiger partial charge in [0.15, 0.2) is 0 Å². The molecule has 3 nitrogen and oxygen atoms in total. The molecular formula is C13H18ClNO2. The Kier molecular flexibility index (Phi) is 5.29. The lowest BCUT2D eigenvalue weighted by molar-refractivity contribution is 0.0698. The maximum atomic E-state index is 11.2. The summed E-state index contributed by atoms with van der Waals surface area (Å²) in [5, 5.41) is 12.9. The smallest absolute Gasteiger partial charge is 0.337 e. The summed E-state index contributed by atoms with van der Waals surface area (Å²) in [4.78, 5) is 11.2. The van der Waals surface area contributed by atoms with Crippen LogP contribution in [0.1, 0.15) is 42.6 Å². The van der Waals surface area contributed by atoms with Gasteiger partial charge >= 0.3 is 5.97 Å². The van der Waals surface area contributed by atoms with Crippen molar-refractivity contribution in [3.05, 3.63) is 28.3 Å². The number of nitrogens with one attached hydrogen (secondary N) is 1. The second-order valence-corrected chi connectivity index (χ2v) is 4.34. The van der Waals surface area contributed by atoms with E-state index in [2.05, 4.69) is 12.2 Å². The Hall–Kier alpha value is -1.22. The van der Waals surface area contributed by atoms with Crippen molar-refractivity contribution in [2.45, 2.75) is 33.1 Å². The molecule has 1 rings (SSSR count). The van der Waals surface area contributed by atoms with Gasteiger partial charge in [-0.2, -0.15) is 0 Å². The molecule has 0 aliphatic heterocycles. The Balaban J connectivity index is 3.01. The molecule has 0 saturated heterocycles. The molecular weight excluding hydrogens is 238 g/mol. The van der Waals surface area contributed by atoms with Crippen LogP contribution in [0.2, 0.25) is 5.02 Å². The highest BCUT2D eigenvalue weighted by atomic mass is 35.5. The number of rotatable bonds is 6. The highest BCUT2D eigenvalue weighted by Gasteiger charge is 2.13. The van der Waals surface area contributed by atoms with E-state index in [1.54, 1.807) is 12.1 Å². The molecule has 17 heavy (non-hydrogen) atoms. The van der Waals surface area contributed by atoms with Gasteiger partial charge in [-0.15, -0.1) is 0 Å². The maximum absolute atomic E-state index is 11.2. The fourth-order valence-electron chi connectivity index (χ4n) is 1.61. The lowest BCUT2D eigenvalue weighted by Gasteiger charge is -2.12. The van der Waals surface area contributed by atoms with Crippen molar-refractivity contribution < 1.29 is 9.90 Å². The van der Waals surface area contributed by atoms with Gasteiger partial charge in [-0.3, -0.25) is 0 Å². The fourth-order valence-corrected chi connectivity index (χ4v) is 1.91. The molecule has 94 valence electrons. The molecule has 0 aromatic heterocycles. The Morgan fingerprint density at radius 2 is 2.12 bits per heavy atom. The zero-order valence-corrected chi connectivity index (χ0v) is 11.0. The minimum Gasteiger partial charge on any atom is -0.478 e. The highest BCUT2D eigenvalue weighted by Crippen LogP contribution is 2.26. The minimum atomic E-state index is -0.921. The van der Waals surface area contributed by atoms with E-state index in [0.29, 0.717) is 16.3 Å². The number of benzene rings is 1. The fraction of sp³-hybridized carbons (Fsp3) is 0.462. The Morgan fingerprint density at radius 1 is 1.41 bits per heavy atom. The summed E-state index contributed by atoms with van der Waals surface area (Å²) in [7, 11) is 0. The summed E-state index contributed by atoms with van der Waals surface area (Å²) in [6, 6.07) is 3.36. The highest BCUT2D eigenvalue weighted by molar-refractivity contribution is 6.31. The summed E-state index contributed by atoms with van der Waals surface area (Å²) < 4.78 is 0. The van der Waals surface area contributed by atoms with E-state index in [-0.39, 0.29) is 0 Å². The number of carbonyl (C=O) groups is 1. The first-order valence-electron chi connectivity index (χ1n) is 5.89. The molecule has 0 aliphatic carbocycles. The summed E-state index contributed by atoms with van der Waals surface area (Å²) in [5.74, 6) is -0.921. The van der Waals surface area contributed by atoms with E-state index >= 15 is 0 Å². The van der Waals surface area contributed by atoms with Gasteiger partial charge in [-0.05, 0) is 30.5 Å². The first kappa shape index (κ1) is 13.8. The molecule has 0 amide bonds. The molecule has 0 aliphatic rings. The van der Waals surface area contributed by atoms with E-state index in [4.69, 9.17) is 16.7 Å². The summed E-state index contributed by atoms with van der Waals surface area (Å²) in [5.41, 5.74) is 1.76. The van der Waals surface area contributed by atoms with Gasteiger partial charge < -0.3 is 10.4 Å². The monoisotopic (exact) mass is 255 g/mol. The van der Waals surface area contributed by atoms with Gasteiger partial charge in [-0.1, -0.05) is 31.9 Å². The molecule has 0 unspecified atom stereocenters. The average molecular weight is 256 g/mol. The SMILES string of the molecule is CCCCNc1cc(Cl)c(CC)cc1C(=O)O. The zero-order valence-electron chi connectivity index (χ0n) is 10.2. The van der Waals surface area contributed by atoms with Gasteiger partial charge in [0.25, 0.3) is 0 Å². The second-order valence-electron chi connectivity index (χ2n) is 3.93. The number of halogens is 1. The van der Waals surface area contributed by atoms with Crippen LogP contribution in [0.3, 0.4) is 0 Å².